The largest absolute Gasteiger partial charge is 0.491 e. The van der Waals surface area contributed by atoms with E-state index in [0.717, 1.165) is 12.8 Å². The van der Waals surface area contributed by atoms with Crippen molar-refractivity contribution in [2.24, 2.45) is 22.7 Å². The molecule has 0 aromatic heterocycles. The van der Waals surface area contributed by atoms with Crippen molar-refractivity contribution in [1.82, 2.24) is 0 Å². The maximum Gasteiger partial charge on any atom is 0.184 e. The number of carbonyl (C=O) groups excluding carboxylic acids is 2. The van der Waals surface area contributed by atoms with Crippen LogP contribution in [0.15, 0.2) is 24.5 Å². The molecule has 4 atom stereocenters. The van der Waals surface area contributed by atoms with Crippen LogP contribution in [0.25, 0.3) is 0 Å². The van der Waals surface area contributed by atoms with E-state index in [1.807, 2.05) is 19.9 Å². The maximum absolute atomic E-state index is 13.5. The van der Waals surface area contributed by atoms with E-state index in [-0.39, 0.29) is 29.0 Å². The van der Waals surface area contributed by atoms with Gasteiger partial charge in [0.05, 0.1) is 16.9 Å². The first kappa shape index (κ1) is 20.5. The molecule has 4 nitrogen and oxygen atoms in total. The van der Waals surface area contributed by atoms with Crippen LogP contribution in [0, 0.1) is 22.7 Å². The number of fused-ring (bicyclic) bond motifs is 1. The number of hydrogen-bond donors (Lipinski definition) is 0. The van der Waals surface area contributed by atoms with E-state index < -0.39 is 25.3 Å². The van der Waals surface area contributed by atoms with E-state index in [2.05, 4.69) is 40.1 Å². The van der Waals surface area contributed by atoms with Gasteiger partial charge in [-0.05, 0) is 57.7 Å². The molecule has 2 fully saturated rings. The van der Waals surface area contributed by atoms with Gasteiger partial charge in [0.25, 0.3) is 0 Å². The molecule has 3 rings (SSSR count). The number of ketones is 2. The van der Waals surface area contributed by atoms with E-state index in [1.165, 1.54) is 0 Å². The van der Waals surface area contributed by atoms with Crippen LogP contribution in [0.4, 0.5) is 0 Å². The van der Waals surface area contributed by atoms with Crippen LogP contribution in [-0.2, 0) is 18.8 Å². The van der Waals surface area contributed by atoms with Crippen LogP contribution in [0.2, 0.25) is 19.6 Å². The molecule has 1 heterocycles. The monoisotopic (exact) mass is 390 g/mol. The topological polar surface area (TPSA) is 52.6 Å². The molecule has 2 aliphatic carbocycles. The number of carbonyl (C=O) groups is 2. The molecule has 0 amide bonds. The fourth-order valence-electron chi connectivity index (χ4n) is 5.48. The quantitative estimate of drug-likeness (QED) is 0.389. The van der Waals surface area contributed by atoms with Crippen molar-refractivity contribution >= 4 is 19.9 Å². The predicted octanol–water partition coefficient (Wildman–Crippen LogP) is 4.67. The van der Waals surface area contributed by atoms with Crippen LogP contribution in [0.3, 0.4) is 0 Å². The zero-order chi connectivity index (χ0) is 20.4. The summed E-state index contributed by atoms with van der Waals surface area (Å²) in [6.45, 7) is 18.6. The van der Waals surface area contributed by atoms with Crippen LogP contribution < -0.4 is 0 Å². The Morgan fingerprint density at radius 3 is 2.48 bits per heavy atom. The standard InChI is InChI=1S/C22H34O4Si/c1-9-10-14-12-22-13-17(21(4,5)26-27(6,7)8)25-16(22)11-15(23)18(19(22)24)20(14,2)3/h9,11,14,17-18H,1,10,12-13H2,2-8H3/t14-,17-,18-,22-/m0/s1. The minimum Gasteiger partial charge on any atom is -0.491 e. The van der Waals surface area contributed by atoms with Gasteiger partial charge in [0.15, 0.2) is 19.9 Å². The molecule has 0 aromatic carbocycles. The van der Waals surface area contributed by atoms with E-state index >= 15 is 0 Å². The zero-order valence-electron chi connectivity index (χ0n) is 17.8. The van der Waals surface area contributed by atoms with Crippen molar-refractivity contribution in [2.45, 2.75) is 78.3 Å². The summed E-state index contributed by atoms with van der Waals surface area (Å²) < 4.78 is 12.7. The normalized spacial score (nSPS) is 35.4. The Balaban J connectivity index is 2.01. The minimum atomic E-state index is -1.79. The molecule has 3 aliphatic rings. The average Bonchev–Trinajstić information content (AvgIpc) is 2.83. The van der Waals surface area contributed by atoms with Crippen molar-refractivity contribution in [3.05, 3.63) is 24.5 Å². The predicted molar refractivity (Wildman–Crippen MR) is 109 cm³/mol. The first-order valence-corrected chi connectivity index (χ1v) is 13.4. The molecule has 27 heavy (non-hydrogen) atoms. The average molecular weight is 391 g/mol. The molecule has 5 heteroatoms. The zero-order valence-corrected chi connectivity index (χ0v) is 18.8. The van der Waals surface area contributed by atoms with Crippen molar-refractivity contribution < 1.29 is 18.8 Å². The summed E-state index contributed by atoms with van der Waals surface area (Å²) in [6, 6.07) is 0. The van der Waals surface area contributed by atoms with Gasteiger partial charge >= 0.3 is 0 Å². The fraction of sp³-hybridized carbons (Fsp3) is 0.727. The highest BCUT2D eigenvalue weighted by molar-refractivity contribution is 6.69. The van der Waals surface area contributed by atoms with Gasteiger partial charge in [-0.25, -0.2) is 0 Å². The van der Waals surface area contributed by atoms with Crippen LogP contribution in [0.1, 0.15) is 47.0 Å². The third-order valence-corrected chi connectivity index (χ3v) is 7.89. The summed E-state index contributed by atoms with van der Waals surface area (Å²) in [5, 5.41) is 0. The number of ether oxygens (including phenoxy) is 1. The van der Waals surface area contributed by atoms with Gasteiger partial charge in [-0.1, -0.05) is 19.9 Å². The van der Waals surface area contributed by atoms with E-state index in [4.69, 9.17) is 9.16 Å². The Kier molecular flexibility index (Phi) is 4.67. The molecule has 1 saturated heterocycles. The van der Waals surface area contributed by atoms with Crippen molar-refractivity contribution in [2.75, 3.05) is 0 Å². The summed E-state index contributed by atoms with van der Waals surface area (Å²) in [5.41, 5.74) is -1.54. The lowest BCUT2D eigenvalue weighted by Crippen LogP contribution is -2.57. The molecule has 1 aliphatic heterocycles. The number of allylic oxidation sites excluding steroid dienone is 3. The number of rotatable bonds is 5. The SMILES string of the molecule is C=CC[C@H]1C[C@]23C[C@@H](C(C)(C)O[Si](C)(C)C)OC2=CC(=O)[C@@H](C3=O)C1(C)C. The van der Waals surface area contributed by atoms with Crippen LogP contribution in [-0.4, -0.2) is 31.6 Å². The third-order valence-electron chi connectivity index (χ3n) is 6.75. The fourth-order valence-corrected chi connectivity index (χ4v) is 7.19. The lowest BCUT2D eigenvalue weighted by atomic mass is 9.49. The first-order valence-electron chi connectivity index (χ1n) is 10.0. The molecule has 2 bridgehead atoms. The molecule has 0 aromatic rings. The van der Waals surface area contributed by atoms with Gasteiger partial charge in [0.2, 0.25) is 0 Å². The third kappa shape index (κ3) is 3.17. The minimum absolute atomic E-state index is 0.0571. The highest BCUT2D eigenvalue weighted by atomic mass is 28.4. The van der Waals surface area contributed by atoms with Gasteiger partial charge in [0.1, 0.15) is 11.9 Å². The number of hydrogen-bond acceptors (Lipinski definition) is 4. The highest BCUT2D eigenvalue weighted by Crippen LogP contribution is 2.62. The second-order valence-corrected chi connectivity index (χ2v) is 15.1. The lowest BCUT2D eigenvalue weighted by molar-refractivity contribution is -0.152. The van der Waals surface area contributed by atoms with Gasteiger partial charge in [0, 0.05) is 12.5 Å². The van der Waals surface area contributed by atoms with Crippen LogP contribution in [0.5, 0.6) is 0 Å². The Morgan fingerprint density at radius 1 is 1.30 bits per heavy atom. The Morgan fingerprint density at radius 2 is 1.93 bits per heavy atom. The van der Waals surface area contributed by atoms with Crippen LogP contribution >= 0.6 is 0 Å². The second-order valence-electron chi connectivity index (χ2n) is 10.7. The second kappa shape index (κ2) is 6.15. The molecule has 0 unspecified atom stereocenters. The lowest BCUT2D eigenvalue weighted by Gasteiger charge is -2.51. The summed E-state index contributed by atoms with van der Waals surface area (Å²) >= 11 is 0. The van der Waals surface area contributed by atoms with Crippen molar-refractivity contribution in [3.63, 3.8) is 0 Å². The van der Waals surface area contributed by atoms with Gasteiger partial charge in [-0.15, -0.1) is 6.58 Å². The molecule has 150 valence electrons. The summed E-state index contributed by atoms with van der Waals surface area (Å²) in [4.78, 5) is 26.4. The first-order chi connectivity index (χ1) is 12.2. The van der Waals surface area contributed by atoms with E-state index in [0.29, 0.717) is 12.2 Å². The van der Waals surface area contributed by atoms with E-state index in [9.17, 15) is 9.59 Å². The molecular weight excluding hydrogens is 356 g/mol. The summed E-state index contributed by atoms with van der Waals surface area (Å²) in [5.74, 6) is 0.184. The molecule has 1 spiro atoms. The maximum atomic E-state index is 13.5. The molecule has 1 saturated carbocycles. The molecule has 0 N–H and O–H groups in total. The van der Waals surface area contributed by atoms with E-state index in [1.54, 1.807) is 6.08 Å². The Bertz CT molecular complexity index is 712. The smallest absolute Gasteiger partial charge is 0.184 e. The van der Waals surface area contributed by atoms with Gasteiger partial charge in [-0.2, -0.15) is 0 Å². The highest BCUT2D eigenvalue weighted by Gasteiger charge is 2.66. The molecule has 0 radical (unpaired) electrons. The Labute approximate surface area is 164 Å². The summed E-state index contributed by atoms with van der Waals surface area (Å²) in [7, 11) is -1.79. The van der Waals surface area contributed by atoms with Gasteiger partial charge in [-0.3, -0.25) is 9.59 Å². The van der Waals surface area contributed by atoms with Crippen molar-refractivity contribution in [1.29, 1.82) is 0 Å². The van der Waals surface area contributed by atoms with Crippen molar-refractivity contribution in [3.8, 4) is 0 Å². The Hall–Kier alpha value is -1.20. The summed E-state index contributed by atoms with van der Waals surface area (Å²) in [6.07, 6.45) is 5.43. The number of Topliss-reactive ketones (excluding diaryl/α,β-unsaturated/α-hetero) is 1. The molecular formula is C22H34O4Si. The van der Waals surface area contributed by atoms with Gasteiger partial charge < -0.3 is 9.16 Å².